The Morgan fingerprint density at radius 1 is 0.938 bits per heavy atom. The van der Waals surface area contributed by atoms with Crippen LogP contribution in [0.4, 0.5) is 0 Å². The Morgan fingerprint density at radius 3 is 2.31 bits per heavy atom. The average Bonchev–Trinajstić information content (AvgIpc) is 2.34. The normalized spacial score (nSPS) is 12.7. The van der Waals surface area contributed by atoms with Crippen molar-refractivity contribution in [3.63, 3.8) is 0 Å². The van der Waals surface area contributed by atoms with Crippen LogP contribution in [0.5, 0.6) is 0 Å². The van der Waals surface area contributed by atoms with Crippen molar-refractivity contribution in [2.45, 2.75) is 65.2 Å². The van der Waals surface area contributed by atoms with Gasteiger partial charge in [0.15, 0.2) is 0 Å². The first kappa shape index (κ1) is 13.3. The Kier molecular flexibility index (Phi) is 6.22. The largest absolute Gasteiger partial charge is 0.0654 e. The smallest absolute Gasteiger partial charge is 0.0159 e. The Labute approximate surface area is 101 Å². The molecule has 0 radical (unpaired) electrons. The van der Waals surface area contributed by atoms with Crippen molar-refractivity contribution in [3.05, 3.63) is 35.4 Å². The van der Waals surface area contributed by atoms with E-state index < -0.39 is 0 Å². The lowest BCUT2D eigenvalue weighted by Crippen LogP contribution is -2.02. The van der Waals surface area contributed by atoms with Crippen LogP contribution < -0.4 is 0 Å². The van der Waals surface area contributed by atoms with Gasteiger partial charge < -0.3 is 0 Å². The fourth-order valence-electron chi connectivity index (χ4n) is 2.51. The summed E-state index contributed by atoms with van der Waals surface area (Å²) >= 11 is 0. The number of aryl methyl sites for hydroxylation is 1. The Bertz CT molecular complexity index is 288. The van der Waals surface area contributed by atoms with Gasteiger partial charge in [-0.25, -0.2) is 0 Å². The van der Waals surface area contributed by atoms with Crippen LogP contribution in [0.2, 0.25) is 0 Å². The number of rotatable bonds is 7. The second-order valence-corrected chi connectivity index (χ2v) is 4.68. The van der Waals surface area contributed by atoms with Gasteiger partial charge in [0.05, 0.1) is 0 Å². The van der Waals surface area contributed by atoms with Gasteiger partial charge in [0.25, 0.3) is 0 Å². The standard InChI is InChI=1S/C16H26/c1-4-7-11-15(10-5-2)16-13-9-8-12-14(16)6-3/h8-9,12-13,15H,4-7,10-11H2,1-3H3. The van der Waals surface area contributed by atoms with Crippen molar-refractivity contribution in [1.82, 2.24) is 0 Å². The zero-order valence-corrected chi connectivity index (χ0v) is 11.1. The summed E-state index contributed by atoms with van der Waals surface area (Å²) in [4.78, 5) is 0. The maximum absolute atomic E-state index is 2.34. The van der Waals surface area contributed by atoms with Crippen molar-refractivity contribution in [3.8, 4) is 0 Å². The topological polar surface area (TPSA) is 0 Å². The number of unbranched alkanes of at least 4 members (excludes halogenated alkanes) is 1. The lowest BCUT2D eigenvalue weighted by molar-refractivity contribution is 0.538. The number of benzene rings is 1. The van der Waals surface area contributed by atoms with Crippen LogP contribution in [0.3, 0.4) is 0 Å². The van der Waals surface area contributed by atoms with Crippen LogP contribution >= 0.6 is 0 Å². The molecule has 1 rings (SSSR count). The minimum Gasteiger partial charge on any atom is -0.0654 e. The van der Waals surface area contributed by atoms with E-state index in [0.29, 0.717) is 0 Å². The first-order valence-corrected chi connectivity index (χ1v) is 6.91. The third kappa shape index (κ3) is 3.66. The van der Waals surface area contributed by atoms with Gasteiger partial charge in [-0.3, -0.25) is 0 Å². The Morgan fingerprint density at radius 2 is 1.69 bits per heavy atom. The molecule has 0 fully saturated rings. The molecule has 0 aliphatic heterocycles. The van der Waals surface area contributed by atoms with Gasteiger partial charge in [0, 0.05) is 0 Å². The minimum absolute atomic E-state index is 0.793. The molecular weight excluding hydrogens is 192 g/mol. The highest BCUT2D eigenvalue weighted by atomic mass is 14.2. The number of hydrogen-bond acceptors (Lipinski definition) is 0. The van der Waals surface area contributed by atoms with E-state index in [1.165, 1.54) is 38.5 Å². The van der Waals surface area contributed by atoms with Gasteiger partial charge in [0.1, 0.15) is 0 Å². The van der Waals surface area contributed by atoms with E-state index >= 15 is 0 Å². The molecule has 0 saturated heterocycles. The molecule has 0 bridgehead atoms. The highest BCUT2D eigenvalue weighted by molar-refractivity contribution is 5.30. The first-order chi connectivity index (χ1) is 7.83. The summed E-state index contributed by atoms with van der Waals surface area (Å²) in [5.74, 6) is 0.793. The second-order valence-electron chi connectivity index (χ2n) is 4.68. The summed E-state index contributed by atoms with van der Waals surface area (Å²) in [6.07, 6.45) is 7.85. The van der Waals surface area contributed by atoms with Crippen LogP contribution in [0, 0.1) is 0 Å². The molecule has 0 amide bonds. The van der Waals surface area contributed by atoms with Crippen molar-refractivity contribution in [1.29, 1.82) is 0 Å². The average molecular weight is 218 g/mol. The maximum Gasteiger partial charge on any atom is -0.0159 e. The van der Waals surface area contributed by atoms with E-state index in [-0.39, 0.29) is 0 Å². The monoisotopic (exact) mass is 218 g/mol. The predicted molar refractivity (Wildman–Crippen MR) is 73.0 cm³/mol. The molecule has 1 aromatic carbocycles. The summed E-state index contributed by atoms with van der Waals surface area (Å²) in [5, 5.41) is 0. The molecule has 0 aliphatic rings. The van der Waals surface area contributed by atoms with Crippen LogP contribution in [-0.4, -0.2) is 0 Å². The molecule has 0 spiro atoms. The van der Waals surface area contributed by atoms with Gasteiger partial charge in [-0.1, -0.05) is 64.3 Å². The summed E-state index contributed by atoms with van der Waals surface area (Å²) < 4.78 is 0. The van der Waals surface area contributed by atoms with Gasteiger partial charge in [0.2, 0.25) is 0 Å². The van der Waals surface area contributed by atoms with Gasteiger partial charge in [-0.15, -0.1) is 0 Å². The third-order valence-corrected chi connectivity index (χ3v) is 3.42. The molecule has 0 heteroatoms. The lowest BCUT2D eigenvalue weighted by atomic mass is 9.86. The zero-order valence-electron chi connectivity index (χ0n) is 11.1. The minimum atomic E-state index is 0.793. The van der Waals surface area contributed by atoms with E-state index in [0.717, 1.165) is 5.92 Å². The summed E-state index contributed by atoms with van der Waals surface area (Å²) in [6.45, 7) is 6.85. The van der Waals surface area contributed by atoms with Crippen LogP contribution in [0.15, 0.2) is 24.3 Å². The molecule has 0 N–H and O–H groups in total. The fraction of sp³-hybridized carbons (Fsp3) is 0.625. The van der Waals surface area contributed by atoms with Crippen LogP contribution in [0.1, 0.15) is 69.9 Å². The molecule has 90 valence electrons. The molecule has 1 unspecified atom stereocenters. The first-order valence-electron chi connectivity index (χ1n) is 6.91. The molecule has 1 atom stereocenters. The van der Waals surface area contributed by atoms with Gasteiger partial charge >= 0.3 is 0 Å². The summed E-state index contributed by atoms with van der Waals surface area (Å²) in [7, 11) is 0. The Balaban J connectivity index is 2.81. The zero-order chi connectivity index (χ0) is 11.8. The number of hydrogen-bond donors (Lipinski definition) is 0. The van der Waals surface area contributed by atoms with Crippen molar-refractivity contribution in [2.75, 3.05) is 0 Å². The molecular formula is C16H26. The summed E-state index contributed by atoms with van der Waals surface area (Å²) in [5.41, 5.74) is 3.16. The lowest BCUT2D eigenvalue weighted by Gasteiger charge is -2.19. The van der Waals surface area contributed by atoms with Crippen LogP contribution in [0.25, 0.3) is 0 Å². The third-order valence-electron chi connectivity index (χ3n) is 3.42. The van der Waals surface area contributed by atoms with E-state index in [1.807, 2.05) is 0 Å². The van der Waals surface area contributed by atoms with Crippen molar-refractivity contribution < 1.29 is 0 Å². The van der Waals surface area contributed by atoms with E-state index in [1.54, 1.807) is 11.1 Å². The van der Waals surface area contributed by atoms with Gasteiger partial charge in [-0.2, -0.15) is 0 Å². The van der Waals surface area contributed by atoms with Crippen molar-refractivity contribution in [2.24, 2.45) is 0 Å². The summed E-state index contributed by atoms with van der Waals surface area (Å²) in [6, 6.07) is 9.01. The fourth-order valence-corrected chi connectivity index (χ4v) is 2.51. The highest BCUT2D eigenvalue weighted by Gasteiger charge is 2.12. The SMILES string of the molecule is CCCCC(CCC)c1ccccc1CC. The predicted octanol–water partition coefficient (Wildman–Crippen LogP) is 5.32. The molecule has 0 aliphatic carbocycles. The van der Waals surface area contributed by atoms with Crippen LogP contribution in [-0.2, 0) is 6.42 Å². The molecule has 0 saturated carbocycles. The van der Waals surface area contributed by atoms with E-state index in [9.17, 15) is 0 Å². The second kappa shape index (κ2) is 7.49. The molecule has 0 aromatic heterocycles. The molecule has 0 heterocycles. The van der Waals surface area contributed by atoms with E-state index in [2.05, 4.69) is 45.0 Å². The molecule has 1 aromatic rings. The van der Waals surface area contributed by atoms with E-state index in [4.69, 9.17) is 0 Å². The van der Waals surface area contributed by atoms with Gasteiger partial charge in [-0.05, 0) is 36.3 Å². The molecule has 0 nitrogen and oxygen atoms in total. The quantitative estimate of drug-likeness (QED) is 0.581. The molecule has 16 heavy (non-hydrogen) atoms. The maximum atomic E-state index is 2.34. The van der Waals surface area contributed by atoms with Crippen molar-refractivity contribution >= 4 is 0 Å². The Hall–Kier alpha value is -0.780. The highest BCUT2D eigenvalue weighted by Crippen LogP contribution is 2.29.